The fourth-order valence-corrected chi connectivity index (χ4v) is 3.43. The van der Waals surface area contributed by atoms with Gasteiger partial charge in [0.25, 0.3) is 0 Å². The van der Waals surface area contributed by atoms with Crippen LogP contribution >= 0.6 is 0 Å². The van der Waals surface area contributed by atoms with Gasteiger partial charge in [0.1, 0.15) is 5.54 Å². The summed E-state index contributed by atoms with van der Waals surface area (Å²) in [7, 11) is 3.38. The Labute approximate surface area is 117 Å². The van der Waals surface area contributed by atoms with Gasteiger partial charge in [0.2, 0.25) is 0 Å². The summed E-state index contributed by atoms with van der Waals surface area (Å²) >= 11 is 0. The fourth-order valence-electron chi connectivity index (χ4n) is 3.43. The summed E-state index contributed by atoms with van der Waals surface area (Å²) < 4.78 is 5.02. The van der Waals surface area contributed by atoms with Crippen LogP contribution in [0.1, 0.15) is 46.0 Å². The number of hydrogen-bond acceptors (Lipinski definition) is 4. The van der Waals surface area contributed by atoms with Crippen molar-refractivity contribution in [3.05, 3.63) is 0 Å². The van der Waals surface area contributed by atoms with Crippen LogP contribution < -0.4 is 5.32 Å². The van der Waals surface area contributed by atoms with Crippen molar-refractivity contribution in [2.45, 2.75) is 51.5 Å². The lowest BCUT2D eigenvalue weighted by atomic mass is 9.84. The smallest absolute Gasteiger partial charge is 0.326 e. The second-order valence-corrected chi connectivity index (χ2v) is 5.53. The Bertz CT molecular complexity index is 283. The van der Waals surface area contributed by atoms with E-state index in [-0.39, 0.29) is 5.97 Å². The number of likely N-dealkylation sites (N-methyl/N-ethyl adjacent to an activating group) is 1. The highest BCUT2D eigenvalue weighted by Gasteiger charge is 2.48. The van der Waals surface area contributed by atoms with Crippen LogP contribution in [0.4, 0.5) is 0 Å². The number of nitrogens with one attached hydrogen (secondary N) is 1. The molecule has 0 spiro atoms. The molecule has 2 atom stereocenters. The Hall–Kier alpha value is -0.610. The zero-order valence-electron chi connectivity index (χ0n) is 13.0. The number of hydrogen-bond donors (Lipinski definition) is 1. The van der Waals surface area contributed by atoms with E-state index >= 15 is 0 Å². The first-order valence-electron chi connectivity index (χ1n) is 7.64. The lowest BCUT2D eigenvalue weighted by molar-refractivity contribution is -0.150. The van der Waals surface area contributed by atoms with E-state index in [2.05, 4.69) is 24.1 Å². The second kappa shape index (κ2) is 7.85. The van der Waals surface area contributed by atoms with Gasteiger partial charge in [0, 0.05) is 0 Å². The van der Waals surface area contributed by atoms with E-state index in [0.29, 0.717) is 5.92 Å². The molecule has 19 heavy (non-hydrogen) atoms. The first-order chi connectivity index (χ1) is 9.14. The van der Waals surface area contributed by atoms with Crippen molar-refractivity contribution in [2.24, 2.45) is 5.92 Å². The molecule has 1 N–H and O–H groups in total. The van der Waals surface area contributed by atoms with Gasteiger partial charge in [-0.1, -0.05) is 20.3 Å². The molecule has 0 heterocycles. The molecule has 4 heteroatoms. The lowest BCUT2D eigenvalue weighted by Crippen LogP contribution is -2.54. The van der Waals surface area contributed by atoms with Crippen molar-refractivity contribution in [3.63, 3.8) is 0 Å². The molecule has 1 aliphatic rings. The van der Waals surface area contributed by atoms with Crippen LogP contribution in [0.5, 0.6) is 0 Å². The molecule has 0 aliphatic heterocycles. The molecule has 0 bridgehead atoms. The molecule has 0 aromatic rings. The van der Waals surface area contributed by atoms with Crippen LogP contribution in [0, 0.1) is 5.92 Å². The molecule has 0 saturated heterocycles. The summed E-state index contributed by atoms with van der Waals surface area (Å²) in [6.45, 7) is 7.73. The SMILES string of the molecule is CCCN(CC)CCC1CCCC1(NC)C(=O)OC. The van der Waals surface area contributed by atoms with Gasteiger partial charge in [-0.2, -0.15) is 0 Å². The van der Waals surface area contributed by atoms with Gasteiger partial charge in [0.15, 0.2) is 0 Å². The Balaban J connectivity index is 2.62. The fraction of sp³-hybridized carbons (Fsp3) is 0.933. The average molecular weight is 270 g/mol. The first-order valence-corrected chi connectivity index (χ1v) is 7.64. The van der Waals surface area contributed by atoms with E-state index in [4.69, 9.17) is 4.74 Å². The van der Waals surface area contributed by atoms with Gasteiger partial charge < -0.3 is 15.0 Å². The molecular formula is C15H30N2O2. The Morgan fingerprint density at radius 2 is 2.16 bits per heavy atom. The van der Waals surface area contributed by atoms with Crippen LogP contribution in [0.3, 0.4) is 0 Å². The molecule has 112 valence electrons. The third-order valence-electron chi connectivity index (χ3n) is 4.60. The molecule has 2 unspecified atom stereocenters. The number of nitrogens with zero attached hydrogens (tertiary/aromatic N) is 1. The van der Waals surface area contributed by atoms with Crippen LogP contribution in [-0.4, -0.2) is 50.2 Å². The quantitative estimate of drug-likeness (QED) is 0.685. The summed E-state index contributed by atoms with van der Waals surface area (Å²) in [4.78, 5) is 14.6. The number of methoxy groups -OCH3 is 1. The third-order valence-corrected chi connectivity index (χ3v) is 4.60. The second-order valence-electron chi connectivity index (χ2n) is 5.53. The zero-order valence-corrected chi connectivity index (χ0v) is 13.0. The average Bonchev–Trinajstić information content (AvgIpc) is 2.86. The summed E-state index contributed by atoms with van der Waals surface area (Å²) in [6.07, 6.45) is 5.40. The van der Waals surface area contributed by atoms with Gasteiger partial charge in [-0.3, -0.25) is 4.79 Å². The number of esters is 1. The maximum Gasteiger partial charge on any atom is 0.326 e. The summed E-state index contributed by atoms with van der Waals surface area (Å²) in [5, 5.41) is 3.26. The van der Waals surface area contributed by atoms with Crippen LogP contribution in [0.15, 0.2) is 0 Å². The van der Waals surface area contributed by atoms with Gasteiger partial charge in [-0.25, -0.2) is 0 Å². The number of ether oxygens (including phenoxy) is 1. The highest BCUT2D eigenvalue weighted by molar-refractivity contribution is 5.81. The predicted molar refractivity (Wildman–Crippen MR) is 78.2 cm³/mol. The van der Waals surface area contributed by atoms with Crippen molar-refractivity contribution in [3.8, 4) is 0 Å². The molecule has 0 aromatic carbocycles. The molecular weight excluding hydrogens is 240 g/mol. The molecule has 1 fully saturated rings. The number of carbonyl (C=O) groups is 1. The van der Waals surface area contributed by atoms with Crippen molar-refractivity contribution in [2.75, 3.05) is 33.8 Å². The minimum atomic E-state index is -0.444. The minimum Gasteiger partial charge on any atom is -0.468 e. The summed E-state index contributed by atoms with van der Waals surface area (Å²) in [5.74, 6) is 0.312. The zero-order chi connectivity index (χ0) is 14.3. The van der Waals surface area contributed by atoms with Crippen molar-refractivity contribution in [1.82, 2.24) is 10.2 Å². The molecule has 4 nitrogen and oxygen atoms in total. The highest BCUT2D eigenvalue weighted by atomic mass is 16.5. The van der Waals surface area contributed by atoms with Crippen molar-refractivity contribution >= 4 is 5.97 Å². The van der Waals surface area contributed by atoms with E-state index in [9.17, 15) is 4.79 Å². The number of carbonyl (C=O) groups excluding carboxylic acids is 1. The lowest BCUT2D eigenvalue weighted by Gasteiger charge is -2.33. The van der Waals surface area contributed by atoms with Gasteiger partial charge in [-0.05, 0) is 58.3 Å². The number of rotatable bonds is 8. The Morgan fingerprint density at radius 3 is 2.68 bits per heavy atom. The van der Waals surface area contributed by atoms with Crippen molar-refractivity contribution in [1.29, 1.82) is 0 Å². The maximum atomic E-state index is 12.1. The molecule has 1 saturated carbocycles. The van der Waals surface area contributed by atoms with Crippen molar-refractivity contribution < 1.29 is 9.53 Å². The molecule has 1 aliphatic carbocycles. The summed E-state index contributed by atoms with van der Waals surface area (Å²) in [6, 6.07) is 0. The first kappa shape index (κ1) is 16.4. The maximum absolute atomic E-state index is 12.1. The highest BCUT2D eigenvalue weighted by Crippen LogP contribution is 2.38. The Kier molecular flexibility index (Phi) is 6.80. The van der Waals surface area contributed by atoms with Gasteiger partial charge in [-0.15, -0.1) is 0 Å². The van der Waals surface area contributed by atoms with E-state index in [1.54, 1.807) is 0 Å². The van der Waals surface area contributed by atoms with E-state index < -0.39 is 5.54 Å². The molecule has 0 amide bonds. The summed E-state index contributed by atoms with van der Waals surface area (Å²) in [5.41, 5.74) is -0.444. The van der Waals surface area contributed by atoms with E-state index in [1.807, 2.05) is 7.05 Å². The molecule has 0 radical (unpaired) electrons. The van der Waals surface area contributed by atoms with Crippen LogP contribution in [0.2, 0.25) is 0 Å². The van der Waals surface area contributed by atoms with Crippen LogP contribution in [0.25, 0.3) is 0 Å². The Morgan fingerprint density at radius 1 is 1.42 bits per heavy atom. The standard InChI is InChI=1S/C15H30N2O2/c1-5-11-17(6-2)12-9-13-8-7-10-15(13,16-3)14(18)19-4/h13,16H,5-12H2,1-4H3. The normalized spacial score (nSPS) is 26.9. The van der Waals surface area contributed by atoms with Crippen LogP contribution in [-0.2, 0) is 9.53 Å². The van der Waals surface area contributed by atoms with Gasteiger partial charge in [0.05, 0.1) is 7.11 Å². The van der Waals surface area contributed by atoms with E-state index in [1.165, 1.54) is 13.5 Å². The molecule has 0 aromatic heterocycles. The molecule has 1 rings (SSSR count). The predicted octanol–water partition coefficient (Wildman–Crippen LogP) is 2.04. The monoisotopic (exact) mass is 270 g/mol. The topological polar surface area (TPSA) is 41.6 Å². The third kappa shape index (κ3) is 3.69. The van der Waals surface area contributed by atoms with E-state index in [0.717, 1.165) is 45.3 Å². The largest absolute Gasteiger partial charge is 0.468 e. The van der Waals surface area contributed by atoms with Gasteiger partial charge >= 0.3 is 5.97 Å². The minimum absolute atomic E-state index is 0.0870.